The van der Waals surface area contributed by atoms with E-state index in [-0.39, 0.29) is 25.5 Å². The number of amides is 2. The van der Waals surface area contributed by atoms with Gasteiger partial charge < -0.3 is 10.6 Å². The van der Waals surface area contributed by atoms with E-state index in [1.807, 2.05) is 0 Å². The minimum atomic E-state index is -3.40. The standard InChI is InChI=1S/C15H27N3O4S/c1-23(21,22)18-9-8-17(10-13(11-18)15(16)20)14(19)7-6-12-4-2-3-5-12/h12-13H,2-11H2,1H3,(H2,16,20)/t13-/m0/s1. The molecule has 1 aliphatic heterocycles. The van der Waals surface area contributed by atoms with Gasteiger partial charge in [0, 0.05) is 32.6 Å². The van der Waals surface area contributed by atoms with Crippen LogP contribution in [0.15, 0.2) is 0 Å². The summed E-state index contributed by atoms with van der Waals surface area (Å²) in [6, 6.07) is 0. The van der Waals surface area contributed by atoms with Gasteiger partial charge in [0.15, 0.2) is 0 Å². The molecular formula is C15H27N3O4S. The number of hydrogen-bond acceptors (Lipinski definition) is 4. The topological polar surface area (TPSA) is 101 Å². The van der Waals surface area contributed by atoms with Crippen molar-refractivity contribution < 1.29 is 18.0 Å². The normalized spacial score (nSPS) is 24.6. The van der Waals surface area contributed by atoms with Gasteiger partial charge in [-0.2, -0.15) is 4.31 Å². The Labute approximate surface area is 138 Å². The van der Waals surface area contributed by atoms with Crippen molar-refractivity contribution in [1.29, 1.82) is 0 Å². The van der Waals surface area contributed by atoms with Crippen LogP contribution in [0.1, 0.15) is 38.5 Å². The van der Waals surface area contributed by atoms with Crippen LogP contribution in [0.5, 0.6) is 0 Å². The van der Waals surface area contributed by atoms with Crippen LogP contribution in [-0.2, 0) is 19.6 Å². The van der Waals surface area contributed by atoms with Crippen molar-refractivity contribution in [3.63, 3.8) is 0 Å². The summed E-state index contributed by atoms with van der Waals surface area (Å²) in [6.45, 7) is 0.809. The molecule has 0 radical (unpaired) electrons. The monoisotopic (exact) mass is 345 g/mol. The molecule has 0 aromatic rings. The highest BCUT2D eigenvalue weighted by Gasteiger charge is 2.32. The van der Waals surface area contributed by atoms with E-state index >= 15 is 0 Å². The number of sulfonamides is 1. The Hall–Kier alpha value is -1.15. The Morgan fingerprint density at radius 2 is 1.78 bits per heavy atom. The highest BCUT2D eigenvalue weighted by molar-refractivity contribution is 7.88. The lowest BCUT2D eigenvalue weighted by atomic mass is 10.0. The highest BCUT2D eigenvalue weighted by Crippen LogP contribution is 2.28. The van der Waals surface area contributed by atoms with E-state index < -0.39 is 21.8 Å². The Morgan fingerprint density at radius 3 is 2.35 bits per heavy atom. The zero-order chi connectivity index (χ0) is 17.0. The smallest absolute Gasteiger partial charge is 0.223 e. The van der Waals surface area contributed by atoms with Gasteiger partial charge in [0.05, 0.1) is 12.2 Å². The second-order valence-electron chi connectivity index (χ2n) is 6.75. The minimum Gasteiger partial charge on any atom is -0.369 e. The zero-order valence-corrected chi connectivity index (χ0v) is 14.6. The molecule has 23 heavy (non-hydrogen) atoms. The average Bonchev–Trinajstić information content (AvgIpc) is 2.86. The van der Waals surface area contributed by atoms with Crippen LogP contribution in [0.3, 0.4) is 0 Å². The fourth-order valence-corrected chi connectivity index (χ4v) is 4.34. The third-order valence-electron chi connectivity index (χ3n) is 4.95. The SMILES string of the molecule is CS(=O)(=O)N1CCN(C(=O)CCC2CCCC2)C[C@H](C(N)=O)C1. The number of nitrogens with two attached hydrogens (primary N) is 1. The van der Waals surface area contributed by atoms with Crippen molar-refractivity contribution in [3.8, 4) is 0 Å². The van der Waals surface area contributed by atoms with E-state index in [0.717, 1.165) is 12.7 Å². The Morgan fingerprint density at radius 1 is 1.13 bits per heavy atom. The number of carbonyl (C=O) groups excluding carboxylic acids is 2. The molecule has 0 unspecified atom stereocenters. The second-order valence-corrected chi connectivity index (χ2v) is 8.73. The van der Waals surface area contributed by atoms with Crippen molar-refractivity contribution >= 4 is 21.8 Å². The lowest BCUT2D eigenvalue weighted by Gasteiger charge is -2.23. The molecule has 0 bridgehead atoms. The number of hydrogen-bond donors (Lipinski definition) is 1. The lowest BCUT2D eigenvalue weighted by molar-refractivity contribution is -0.132. The molecule has 8 heteroatoms. The predicted octanol–water partition coefficient (Wildman–Crippen LogP) is 0.162. The molecule has 0 spiro atoms. The highest BCUT2D eigenvalue weighted by atomic mass is 32.2. The molecule has 2 N–H and O–H groups in total. The van der Waals surface area contributed by atoms with Crippen LogP contribution < -0.4 is 5.73 Å². The van der Waals surface area contributed by atoms with Gasteiger partial charge in [0.25, 0.3) is 0 Å². The molecule has 132 valence electrons. The van der Waals surface area contributed by atoms with Crippen LogP contribution in [0.25, 0.3) is 0 Å². The molecule has 2 aliphatic rings. The first kappa shape index (κ1) is 18.2. The lowest BCUT2D eigenvalue weighted by Crippen LogP contribution is -2.41. The number of carbonyl (C=O) groups is 2. The van der Waals surface area contributed by atoms with Gasteiger partial charge in [-0.15, -0.1) is 0 Å². The molecule has 2 amide bonds. The summed E-state index contributed by atoms with van der Waals surface area (Å²) in [7, 11) is -3.40. The van der Waals surface area contributed by atoms with Gasteiger partial charge in [-0.3, -0.25) is 9.59 Å². The molecule has 1 atom stereocenters. The van der Waals surface area contributed by atoms with E-state index in [9.17, 15) is 18.0 Å². The molecule has 0 aromatic heterocycles. The van der Waals surface area contributed by atoms with E-state index in [2.05, 4.69) is 0 Å². The maximum Gasteiger partial charge on any atom is 0.223 e. The molecule has 0 aromatic carbocycles. The van der Waals surface area contributed by atoms with Gasteiger partial charge in [0.1, 0.15) is 0 Å². The first-order valence-corrected chi connectivity index (χ1v) is 10.1. The summed E-state index contributed by atoms with van der Waals surface area (Å²) in [4.78, 5) is 25.6. The maximum atomic E-state index is 12.4. The average molecular weight is 345 g/mol. The van der Waals surface area contributed by atoms with Crippen LogP contribution in [0, 0.1) is 11.8 Å². The quantitative estimate of drug-likeness (QED) is 0.767. The Kier molecular flexibility index (Phi) is 6.02. The van der Waals surface area contributed by atoms with Gasteiger partial charge in [-0.25, -0.2) is 8.42 Å². The minimum absolute atomic E-state index is 0.00139. The Bertz CT molecular complexity index is 543. The summed E-state index contributed by atoms with van der Waals surface area (Å²) >= 11 is 0. The van der Waals surface area contributed by atoms with Gasteiger partial charge in [-0.05, 0) is 12.3 Å². The van der Waals surface area contributed by atoms with Crippen LogP contribution in [0.4, 0.5) is 0 Å². The van der Waals surface area contributed by atoms with Crippen LogP contribution >= 0.6 is 0 Å². The Balaban J connectivity index is 1.97. The van der Waals surface area contributed by atoms with E-state index in [4.69, 9.17) is 5.73 Å². The van der Waals surface area contributed by atoms with E-state index in [1.54, 1.807) is 4.90 Å². The third kappa shape index (κ3) is 5.17. The summed E-state index contributed by atoms with van der Waals surface area (Å²) < 4.78 is 24.8. The van der Waals surface area contributed by atoms with Crippen molar-refractivity contribution in [1.82, 2.24) is 9.21 Å². The van der Waals surface area contributed by atoms with Crippen molar-refractivity contribution in [2.75, 3.05) is 32.4 Å². The third-order valence-corrected chi connectivity index (χ3v) is 6.22. The van der Waals surface area contributed by atoms with E-state index in [1.165, 1.54) is 30.0 Å². The molecule has 2 fully saturated rings. The van der Waals surface area contributed by atoms with Crippen molar-refractivity contribution in [3.05, 3.63) is 0 Å². The first-order chi connectivity index (χ1) is 10.8. The second kappa shape index (κ2) is 7.61. The van der Waals surface area contributed by atoms with Gasteiger partial charge in [-0.1, -0.05) is 25.7 Å². The molecule has 1 heterocycles. The predicted molar refractivity (Wildman–Crippen MR) is 86.9 cm³/mol. The molecule has 1 saturated heterocycles. The summed E-state index contributed by atoms with van der Waals surface area (Å²) in [5.41, 5.74) is 5.38. The van der Waals surface area contributed by atoms with E-state index in [0.29, 0.717) is 18.9 Å². The number of rotatable bonds is 5. The summed E-state index contributed by atoms with van der Waals surface area (Å²) in [5, 5.41) is 0. The van der Waals surface area contributed by atoms with Crippen LogP contribution in [-0.4, -0.2) is 61.9 Å². The fraction of sp³-hybridized carbons (Fsp3) is 0.867. The van der Waals surface area contributed by atoms with Crippen LogP contribution in [0.2, 0.25) is 0 Å². The van der Waals surface area contributed by atoms with Gasteiger partial charge in [0.2, 0.25) is 21.8 Å². The first-order valence-electron chi connectivity index (χ1n) is 8.29. The zero-order valence-electron chi connectivity index (χ0n) is 13.7. The fourth-order valence-electron chi connectivity index (χ4n) is 3.48. The molecule has 2 rings (SSSR count). The number of nitrogens with zero attached hydrogens (tertiary/aromatic N) is 2. The van der Waals surface area contributed by atoms with Gasteiger partial charge >= 0.3 is 0 Å². The molecular weight excluding hydrogens is 318 g/mol. The largest absolute Gasteiger partial charge is 0.369 e. The molecule has 1 aliphatic carbocycles. The molecule has 7 nitrogen and oxygen atoms in total. The summed E-state index contributed by atoms with van der Waals surface area (Å²) in [6.07, 6.45) is 7.34. The molecule has 1 saturated carbocycles. The summed E-state index contributed by atoms with van der Waals surface area (Å²) in [5.74, 6) is -0.583. The van der Waals surface area contributed by atoms with Crippen molar-refractivity contribution in [2.24, 2.45) is 17.6 Å². The maximum absolute atomic E-state index is 12.4. The number of primary amides is 1. The van der Waals surface area contributed by atoms with Crippen molar-refractivity contribution in [2.45, 2.75) is 38.5 Å².